The van der Waals surface area contributed by atoms with Gasteiger partial charge in [0.25, 0.3) is 0 Å². The number of carbonyl (C=O) groups is 1. The molecule has 0 amide bonds. The van der Waals surface area contributed by atoms with Crippen LogP contribution in [-0.4, -0.2) is 23.8 Å². The van der Waals surface area contributed by atoms with Crippen molar-refractivity contribution in [2.75, 3.05) is 13.1 Å². The van der Waals surface area contributed by atoms with E-state index in [1.165, 1.54) is 32.3 Å². The van der Waals surface area contributed by atoms with Gasteiger partial charge in [-0.3, -0.25) is 4.79 Å². The highest BCUT2D eigenvalue weighted by molar-refractivity contribution is 6.30. The van der Waals surface area contributed by atoms with E-state index in [-0.39, 0.29) is 5.78 Å². The molecule has 1 saturated heterocycles. The highest BCUT2D eigenvalue weighted by Crippen LogP contribution is 2.16. The van der Waals surface area contributed by atoms with Gasteiger partial charge in [0.15, 0.2) is 5.78 Å². The van der Waals surface area contributed by atoms with Crippen LogP contribution in [0.3, 0.4) is 0 Å². The molecule has 1 rings (SSSR count). The van der Waals surface area contributed by atoms with E-state index < -0.39 is 0 Å². The van der Waals surface area contributed by atoms with Crippen LogP contribution in [0.5, 0.6) is 0 Å². The summed E-state index contributed by atoms with van der Waals surface area (Å²) in [5.41, 5.74) is 0. The predicted octanol–water partition coefficient (Wildman–Crippen LogP) is 2.14. The zero-order valence-corrected chi connectivity index (χ0v) is 8.10. The number of ketones is 1. The van der Waals surface area contributed by atoms with Crippen molar-refractivity contribution in [2.45, 2.75) is 26.2 Å². The van der Waals surface area contributed by atoms with Gasteiger partial charge in [-0.15, -0.1) is 0 Å². The number of allylic oxidation sites excluding steroid dienone is 1. The van der Waals surface area contributed by atoms with Crippen molar-refractivity contribution >= 4 is 17.4 Å². The van der Waals surface area contributed by atoms with Gasteiger partial charge >= 0.3 is 0 Å². The lowest BCUT2D eigenvalue weighted by atomic mass is 10.1. The molecule has 0 aromatic carbocycles. The first-order chi connectivity index (χ1) is 5.70. The number of piperidine rings is 1. The molecule has 0 N–H and O–H groups in total. The molecule has 0 spiro atoms. The molecule has 0 unspecified atom stereocenters. The molecule has 1 aliphatic rings. The van der Waals surface area contributed by atoms with Crippen LogP contribution in [0.1, 0.15) is 26.2 Å². The first-order valence-corrected chi connectivity index (χ1v) is 4.70. The number of carbonyl (C=O) groups excluding carboxylic acids is 1. The quantitative estimate of drug-likeness (QED) is 0.488. The summed E-state index contributed by atoms with van der Waals surface area (Å²) in [6, 6.07) is 0. The van der Waals surface area contributed by atoms with Gasteiger partial charge in [0.1, 0.15) is 5.16 Å². The highest BCUT2D eigenvalue weighted by atomic mass is 35.5. The topological polar surface area (TPSA) is 20.3 Å². The first-order valence-electron chi connectivity index (χ1n) is 4.33. The summed E-state index contributed by atoms with van der Waals surface area (Å²) in [5.74, 6) is 0.0190. The molecule has 0 aliphatic carbocycles. The Hall–Kier alpha value is -0.500. The SMILES string of the molecule is CC(=O)/C=C(\Cl)N1CCCCC1. The summed E-state index contributed by atoms with van der Waals surface area (Å²) in [7, 11) is 0. The number of hydrogen-bond donors (Lipinski definition) is 0. The fourth-order valence-corrected chi connectivity index (χ4v) is 1.69. The monoisotopic (exact) mass is 187 g/mol. The molecular weight excluding hydrogens is 174 g/mol. The second-order valence-corrected chi connectivity index (χ2v) is 3.51. The Bertz CT molecular complexity index is 195. The fourth-order valence-electron chi connectivity index (χ4n) is 1.37. The third-order valence-corrected chi connectivity index (χ3v) is 2.33. The average Bonchev–Trinajstić information content (AvgIpc) is 2.05. The molecule has 1 heterocycles. The Labute approximate surface area is 78.2 Å². The van der Waals surface area contributed by atoms with E-state index in [4.69, 9.17) is 11.6 Å². The van der Waals surface area contributed by atoms with Gasteiger partial charge in [0, 0.05) is 19.2 Å². The molecule has 0 atom stereocenters. The third kappa shape index (κ3) is 2.86. The molecule has 3 heteroatoms. The van der Waals surface area contributed by atoms with Gasteiger partial charge in [-0.25, -0.2) is 0 Å². The Morgan fingerprint density at radius 3 is 2.42 bits per heavy atom. The van der Waals surface area contributed by atoms with E-state index in [2.05, 4.69) is 4.90 Å². The summed E-state index contributed by atoms with van der Waals surface area (Å²) in [5, 5.41) is 0.599. The molecule has 1 aliphatic heterocycles. The van der Waals surface area contributed by atoms with E-state index in [9.17, 15) is 4.79 Å². The Morgan fingerprint density at radius 1 is 1.33 bits per heavy atom. The zero-order chi connectivity index (χ0) is 8.97. The molecule has 0 radical (unpaired) electrons. The van der Waals surface area contributed by atoms with Gasteiger partial charge in [-0.1, -0.05) is 11.6 Å². The maximum absolute atomic E-state index is 10.7. The van der Waals surface area contributed by atoms with Crippen molar-refractivity contribution in [3.63, 3.8) is 0 Å². The van der Waals surface area contributed by atoms with Gasteiger partial charge in [0.05, 0.1) is 0 Å². The van der Waals surface area contributed by atoms with E-state index >= 15 is 0 Å². The van der Waals surface area contributed by atoms with E-state index in [1.54, 1.807) is 0 Å². The van der Waals surface area contributed by atoms with Gasteiger partial charge < -0.3 is 4.90 Å². The average molecular weight is 188 g/mol. The molecular formula is C9H14ClNO. The van der Waals surface area contributed by atoms with E-state index in [1.807, 2.05) is 0 Å². The summed E-state index contributed by atoms with van der Waals surface area (Å²) in [6.45, 7) is 3.50. The maximum Gasteiger partial charge on any atom is 0.155 e. The summed E-state index contributed by atoms with van der Waals surface area (Å²) in [6.07, 6.45) is 5.14. The van der Waals surface area contributed by atoms with Crippen LogP contribution >= 0.6 is 11.6 Å². The number of rotatable bonds is 2. The van der Waals surface area contributed by atoms with Crippen molar-refractivity contribution in [1.82, 2.24) is 4.90 Å². The van der Waals surface area contributed by atoms with Gasteiger partial charge in [-0.2, -0.15) is 0 Å². The molecule has 0 saturated carbocycles. The molecule has 0 aromatic heterocycles. The predicted molar refractivity (Wildman–Crippen MR) is 50.0 cm³/mol. The molecule has 68 valence electrons. The first kappa shape index (κ1) is 9.59. The van der Waals surface area contributed by atoms with E-state index in [0.717, 1.165) is 13.1 Å². The molecule has 1 fully saturated rings. The molecule has 12 heavy (non-hydrogen) atoms. The summed E-state index contributed by atoms with van der Waals surface area (Å²) >= 11 is 5.92. The van der Waals surface area contributed by atoms with E-state index in [0.29, 0.717) is 5.16 Å². The van der Waals surface area contributed by atoms with Crippen molar-refractivity contribution in [3.05, 3.63) is 11.2 Å². The minimum absolute atomic E-state index is 0.0190. The summed E-state index contributed by atoms with van der Waals surface area (Å²) < 4.78 is 0. The van der Waals surface area contributed by atoms with Crippen molar-refractivity contribution in [3.8, 4) is 0 Å². The van der Waals surface area contributed by atoms with Crippen LogP contribution in [0.25, 0.3) is 0 Å². The number of hydrogen-bond acceptors (Lipinski definition) is 2. The van der Waals surface area contributed by atoms with Crippen LogP contribution in [0, 0.1) is 0 Å². The standard InChI is InChI=1S/C9H14ClNO/c1-8(12)7-9(10)11-5-3-2-4-6-11/h7H,2-6H2,1H3/b9-7+. The third-order valence-electron chi connectivity index (χ3n) is 1.98. The fraction of sp³-hybridized carbons (Fsp3) is 0.667. The normalized spacial score (nSPS) is 19.5. The van der Waals surface area contributed by atoms with Crippen molar-refractivity contribution in [2.24, 2.45) is 0 Å². The van der Waals surface area contributed by atoms with Crippen LogP contribution in [0.15, 0.2) is 11.2 Å². The lowest BCUT2D eigenvalue weighted by molar-refractivity contribution is -0.112. The van der Waals surface area contributed by atoms with Crippen LogP contribution < -0.4 is 0 Å². The smallest absolute Gasteiger partial charge is 0.155 e. The minimum atomic E-state index is 0.0190. The lowest BCUT2D eigenvalue weighted by Gasteiger charge is -2.27. The Morgan fingerprint density at radius 2 is 1.92 bits per heavy atom. The van der Waals surface area contributed by atoms with Crippen LogP contribution in [-0.2, 0) is 4.79 Å². The lowest BCUT2D eigenvalue weighted by Crippen LogP contribution is -2.27. The van der Waals surface area contributed by atoms with Gasteiger partial charge in [0.2, 0.25) is 0 Å². The summed E-state index contributed by atoms with van der Waals surface area (Å²) in [4.78, 5) is 12.8. The number of likely N-dealkylation sites (tertiary alicyclic amines) is 1. The molecule has 0 aromatic rings. The Balaban J connectivity index is 2.49. The zero-order valence-electron chi connectivity index (χ0n) is 7.35. The van der Waals surface area contributed by atoms with Crippen LogP contribution in [0.4, 0.5) is 0 Å². The Kier molecular flexibility index (Phi) is 3.60. The second kappa shape index (κ2) is 4.51. The largest absolute Gasteiger partial charge is 0.362 e. The van der Waals surface area contributed by atoms with Crippen molar-refractivity contribution in [1.29, 1.82) is 0 Å². The maximum atomic E-state index is 10.7. The minimum Gasteiger partial charge on any atom is -0.362 e. The highest BCUT2D eigenvalue weighted by Gasteiger charge is 2.11. The molecule has 0 bridgehead atoms. The number of nitrogens with zero attached hydrogens (tertiary/aromatic N) is 1. The van der Waals surface area contributed by atoms with Crippen LogP contribution in [0.2, 0.25) is 0 Å². The molecule has 2 nitrogen and oxygen atoms in total. The van der Waals surface area contributed by atoms with Gasteiger partial charge in [-0.05, 0) is 26.2 Å². The van der Waals surface area contributed by atoms with Crippen molar-refractivity contribution < 1.29 is 4.79 Å². The second-order valence-electron chi connectivity index (χ2n) is 3.13. The number of halogens is 1.